The van der Waals surface area contributed by atoms with Gasteiger partial charge in [-0.2, -0.15) is 0 Å². The molecule has 0 unspecified atom stereocenters. The monoisotopic (exact) mass is 382 g/mol. The van der Waals surface area contributed by atoms with Gasteiger partial charge in [-0.15, -0.1) is 0 Å². The van der Waals surface area contributed by atoms with Crippen LogP contribution in [0.4, 0.5) is 4.79 Å². The number of benzene rings is 1. The van der Waals surface area contributed by atoms with Crippen molar-refractivity contribution in [1.29, 1.82) is 0 Å². The van der Waals surface area contributed by atoms with Crippen LogP contribution in [-0.4, -0.2) is 60.1 Å². The van der Waals surface area contributed by atoms with Crippen molar-refractivity contribution in [2.24, 2.45) is 5.92 Å². The highest BCUT2D eigenvalue weighted by molar-refractivity contribution is 7.77. The quantitative estimate of drug-likeness (QED) is 0.572. The predicted octanol–water partition coefficient (Wildman–Crippen LogP) is 2.28. The lowest BCUT2D eigenvalue weighted by atomic mass is 10.0. The summed E-state index contributed by atoms with van der Waals surface area (Å²) in [4.78, 5) is 12.2. The van der Waals surface area contributed by atoms with E-state index < -0.39 is 18.2 Å². The van der Waals surface area contributed by atoms with Crippen LogP contribution in [0.25, 0.3) is 0 Å². The average molecular weight is 383 g/mol. The third kappa shape index (κ3) is 7.53. The Morgan fingerprint density at radius 3 is 2.73 bits per heavy atom. The number of alkyl carbamates (subject to hydrolysis) is 1. The van der Waals surface area contributed by atoms with Crippen molar-refractivity contribution in [2.75, 3.05) is 26.3 Å². The number of hydrogen-bond acceptors (Lipinski definition) is 6. The largest absolute Gasteiger partial charge is 0.444 e. The van der Waals surface area contributed by atoms with Gasteiger partial charge in [0, 0.05) is 19.5 Å². The molecule has 0 aromatic heterocycles. The number of rotatable bonds is 9. The minimum absolute atomic E-state index is 0.216. The number of nitrogens with zero attached hydrogens (tertiary/aromatic N) is 1. The van der Waals surface area contributed by atoms with E-state index in [2.05, 4.69) is 32.0 Å². The summed E-state index contributed by atoms with van der Waals surface area (Å²) < 4.78 is 12.4. The van der Waals surface area contributed by atoms with Crippen LogP contribution >= 0.6 is 12.8 Å². The zero-order valence-corrected chi connectivity index (χ0v) is 16.4. The molecule has 0 aliphatic carbocycles. The Morgan fingerprint density at radius 1 is 1.38 bits per heavy atom. The molecule has 2 rings (SSSR count). The molecule has 7 heteroatoms. The molecule has 1 heterocycles. The van der Waals surface area contributed by atoms with Crippen LogP contribution in [-0.2, 0) is 15.9 Å². The summed E-state index contributed by atoms with van der Waals surface area (Å²) in [6.45, 7) is 6.33. The second-order valence-electron chi connectivity index (χ2n) is 7.16. The number of nitrogens with one attached hydrogen (secondary N) is 1. The fraction of sp³-hybridized carbons (Fsp3) is 0.632. The third-order valence-electron chi connectivity index (χ3n) is 4.20. The Kier molecular flexibility index (Phi) is 8.71. The van der Waals surface area contributed by atoms with Crippen LogP contribution in [0.1, 0.15) is 25.8 Å². The maximum Gasteiger partial charge on any atom is 0.407 e. The van der Waals surface area contributed by atoms with Crippen molar-refractivity contribution in [2.45, 2.75) is 44.9 Å². The van der Waals surface area contributed by atoms with Crippen LogP contribution in [0.3, 0.4) is 0 Å². The van der Waals surface area contributed by atoms with Crippen LogP contribution in [0, 0.1) is 5.92 Å². The normalized spacial score (nSPS) is 19.5. The molecular formula is C19H30N2O4S. The van der Waals surface area contributed by atoms with Gasteiger partial charge in [0.15, 0.2) is 0 Å². The lowest BCUT2D eigenvalue weighted by Gasteiger charge is -2.28. The number of hydrogen-bond donors (Lipinski definition) is 3. The molecule has 1 aliphatic rings. The first-order chi connectivity index (χ1) is 12.4. The van der Waals surface area contributed by atoms with Crippen molar-refractivity contribution in [3.8, 4) is 0 Å². The van der Waals surface area contributed by atoms with Crippen LogP contribution < -0.4 is 5.32 Å². The minimum Gasteiger partial charge on any atom is -0.444 e. The summed E-state index contributed by atoms with van der Waals surface area (Å²) in [7, 11) is 0. The van der Waals surface area contributed by atoms with Gasteiger partial charge in [-0.3, -0.25) is 4.31 Å². The molecule has 1 fully saturated rings. The van der Waals surface area contributed by atoms with E-state index in [1.54, 1.807) is 4.31 Å². The standard InChI is InChI=1S/C19H30N2O4S/c1-14(2)11-21(26)12-18(22)17(10-15-6-4-3-5-7-15)20-19(23)25-16-8-9-24-13-16/h3-7,14,16-18,22,26H,8-13H2,1-2H3,(H,20,23)/t16-,17-,18+/m0/s1. The van der Waals surface area contributed by atoms with Crippen molar-refractivity contribution in [3.05, 3.63) is 35.9 Å². The average Bonchev–Trinajstić information content (AvgIpc) is 3.07. The topological polar surface area (TPSA) is 71.0 Å². The lowest BCUT2D eigenvalue weighted by Crippen LogP contribution is -2.49. The molecule has 26 heavy (non-hydrogen) atoms. The molecule has 1 aromatic carbocycles. The number of aliphatic hydroxyl groups excluding tert-OH is 1. The van der Waals surface area contributed by atoms with Gasteiger partial charge in [0.1, 0.15) is 6.10 Å². The summed E-state index contributed by atoms with van der Waals surface area (Å²) in [6.07, 6.45) is -0.277. The fourth-order valence-electron chi connectivity index (χ4n) is 2.93. The first-order valence-electron chi connectivity index (χ1n) is 9.14. The molecule has 0 radical (unpaired) electrons. The molecule has 0 spiro atoms. The summed E-state index contributed by atoms with van der Waals surface area (Å²) in [6, 6.07) is 9.31. The van der Waals surface area contributed by atoms with Crippen molar-refractivity contribution in [3.63, 3.8) is 0 Å². The van der Waals surface area contributed by atoms with Gasteiger partial charge >= 0.3 is 6.09 Å². The summed E-state index contributed by atoms with van der Waals surface area (Å²) in [5, 5.41) is 13.5. The molecule has 0 saturated carbocycles. The number of aliphatic hydroxyl groups is 1. The number of thiol groups is 1. The van der Waals surface area contributed by atoms with Crippen LogP contribution in [0.15, 0.2) is 30.3 Å². The minimum atomic E-state index is -0.765. The maximum absolute atomic E-state index is 12.2. The first-order valence-corrected chi connectivity index (χ1v) is 9.54. The van der Waals surface area contributed by atoms with E-state index in [9.17, 15) is 9.90 Å². The Hall–Kier alpha value is -1.28. The van der Waals surface area contributed by atoms with Gasteiger partial charge in [-0.1, -0.05) is 57.0 Å². The van der Waals surface area contributed by atoms with E-state index in [0.29, 0.717) is 38.5 Å². The number of ether oxygens (including phenoxy) is 2. The molecule has 6 nitrogen and oxygen atoms in total. The molecule has 1 saturated heterocycles. The van der Waals surface area contributed by atoms with Gasteiger partial charge in [-0.05, 0) is 17.9 Å². The molecule has 146 valence electrons. The van der Waals surface area contributed by atoms with E-state index in [0.717, 1.165) is 12.1 Å². The third-order valence-corrected chi connectivity index (χ3v) is 4.53. The Bertz CT molecular complexity index is 538. The van der Waals surface area contributed by atoms with Gasteiger partial charge in [-0.25, -0.2) is 4.79 Å². The van der Waals surface area contributed by atoms with E-state index in [4.69, 9.17) is 9.47 Å². The molecule has 0 bridgehead atoms. The highest BCUT2D eigenvalue weighted by Gasteiger charge is 2.26. The lowest BCUT2D eigenvalue weighted by molar-refractivity contribution is 0.0652. The van der Waals surface area contributed by atoms with Gasteiger partial charge < -0.3 is 19.9 Å². The Labute approximate surface area is 161 Å². The van der Waals surface area contributed by atoms with Crippen LogP contribution in [0.5, 0.6) is 0 Å². The second kappa shape index (κ2) is 10.8. The number of carbonyl (C=O) groups is 1. The van der Waals surface area contributed by atoms with E-state index in [1.165, 1.54) is 0 Å². The Morgan fingerprint density at radius 2 is 2.12 bits per heavy atom. The van der Waals surface area contributed by atoms with Crippen LogP contribution in [0.2, 0.25) is 0 Å². The van der Waals surface area contributed by atoms with Gasteiger partial charge in [0.2, 0.25) is 0 Å². The Balaban J connectivity index is 1.96. The summed E-state index contributed by atoms with van der Waals surface area (Å²) >= 11 is 4.43. The fourth-order valence-corrected chi connectivity index (χ4v) is 3.43. The first kappa shape index (κ1) is 21.0. The highest BCUT2D eigenvalue weighted by atomic mass is 32.1. The van der Waals surface area contributed by atoms with Crippen molar-refractivity contribution < 1.29 is 19.4 Å². The SMILES string of the molecule is CC(C)CN(S)C[C@@H](O)[C@H](Cc1ccccc1)NC(=O)O[C@H]1CCOC1. The van der Waals surface area contributed by atoms with Gasteiger partial charge in [0.25, 0.3) is 0 Å². The van der Waals surface area contributed by atoms with Crippen molar-refractivity contribution >= 4 is 18.9 Å². The number of amides is 1. The van der Waals surface area contributed by atoms with E-state index >= 15 is 0 Å². The summed E-state index contributed by atoms with van der Waals surface area (Å²) in [5.41, 5.74) is 1.04. The zero-order chi connectivity index (χ0) is 18.9. The molecule has 1 aromatic rings. The van der Waals surface area contributed by atoms with Gasteiger partial charge in [0.05, 0.1) is 25.4 Å². The molecule has 3 atom stereocenters. The van der Waals surface area contributed by atoms with E-state index in [-0.39, 0.29) is 6.10 Å². The molecule has 2 N–H and O–H groups in total. The number of carbonyl (C=O) groups excluding carboxylic acids is 1. The summed E-state index contributed by atoms with van der Waals surface area (Å²) in [5.74, 6) is 0.438. The van der Waals surface area contributed by atoms with E-state index in [1.807, 2.05) is 30.3 Å². The zero-order valence-electron chi connectivity index (χ0n) is 15.5. The predicted molar refractivity (Wildman–Crippen MR) is 104 cm³/mol. The molecular weight excluding hydrogens is 352 g/mol. The smallest absolute Gasteiger partial charge is 0.407 e. The molecule has 1 amide bonds. The maximum atomic E-state index is 12.2. The van der Waals surface area contributed by atoms with Crippen molar-refractivity contribution in [1.82, 2.24) is 9.62 Å². The molecule has 1 aliphatic heterocycles. The second-order valence-corrected chi connectivity index (χ2v) is 7.73. The highest BCUT2D eigenvalue weighted by Crippen LogP contribution is 2.12.